The first kappa shape index (κ1) is 14.9. The maximum Gasteiger partial charge on any atom is 0.337 e. The van der Waals surface area contributed by atoms with E-state index in [0.717, 1.165) is 6.42 Å². The molecule has 0 aliphatic heterocycles. The number of carbonyl (C=O) groups is 2. The van der Waals surface area contributed by atoms with Crippen molar-refractivity contribution in [3.05, 3.63) is 29.6 Å². The average Bonchev–Trinajstić information content (AvgIpc) is 2.35. The number of carboxylic acid groups (broad SMARTS) is 1. The van der Waals surface area contributed by atoms with E-state index in [-0.39, 0.29) is 23.7 Å². The molecule has 5 nitrogen and oxygen atoms in total. The first-order chi connectivity index (χ1) is 8.97. The second-order valence-corrected chi connectivity index (χ2v) is 4.15. The maximum atomic E-state index is 13.7. The fourth-order valence-corrected chi connectivity index (χ4v) is 1.69. The zero-order chi connectivity index (χ0) is 14.4. The normalized spacial score (nSPS) is 10.1. The third kappa shape index (κ3) is 3.94. The summed E-state index contributed by atoms with van der Waals surface area (Å²) in [6.07, 6.45) is 0.801. The van der Waals surface area contributed by atoms with Gasteiger partial charge in [-0.1, -0.05) is 13.0 Å². The highest BCUT2D eigenvalue weighted by Crippen LogP contribution is 2.23. The standard InChI is InChI=1S/C13H17FN2O3/c1-3-7-15-11(17)8-16(2)12-9(13(18)19)5-4-6-10(12)14/h4-6H,3,7-8H2,1-2H3,(H,15,17)(H,18,19). The Kier molecular flexibility index (Phi) is 5.29. The van der Waals surface area contributed by atoms with E-state index in [1.165, 1.54) is 30.1 Å². The van der Waals surface area contributed by atoms with Crippen LogP contribution in [0.4, 0.5) is 10.1 Å². The molecule has 2 N–H and O–H groups in total. The molecule has 0 radical (unpaired) electrons. The lowest BCUT2D eigenvalue weighted by Crippen LogP contribution is -2.36. The first-order valence-corrected chi connectivity index (χ1v) is 5.97. The fourth-order valence-electron chi connectivity index (χ4n) is 1.69. The molecule has 0 spiro atoms. The van der Waals surface area contributed by atoms with Gasteiger partial charge in [-0.3, -0.25) is 4.79 Å². The van der Waals surface area contributed by atoms with Crippen molar-refractivity contribution in [1.29, 1.82) is 0 Å². The average molecular weight is 268 g/mol. The predicted molar refractivity (Wildman–Crippen MR) is 69.9 cm³/mol. The van der Waals surface area contributed by atoms with Gasteiger partial charge >= 0.3 is 5.97 Å². The molecule has 0 unspecified atom stereocenters. The molecule has 0 aliphatic rings. The minimum atomic E-state index is -1.23. The molecule has 0 saturated heterocycles. The zero-order valence-corrected chi connectivity index (χ0v) is 10.9. The molecule has 0 aromatic heterocycles. The number of aromatic carboxylic acids is 1. The van der Waals surface area contributed by atoms with Crippen LogP contribution in [0.15, 0.2) is 18.2 Å². The summed E-state index contributed by atoms with van der Waals surface area (Å²) in [4.78, 5) is 23.9. The van der Waals surface area contributed by atoms with Gasteiger partial charge in [-0.25, -0.2) is 9.18 Å². The number of hydrogen-bond acceptors (Lipinski definition) is 3. The van der Waals surface area contributed by atoms with E-state index < -0.39 is 11.8 Å². The van der Waals surface area contributed by atoms with E-state index >= 15 is 0 Å². The zero-order valence-electron chi connectivity index (χ0n) is 10.9. The molecule has 1 rings (SSSR count). The molecule has 1 amide bonds. The maximum absolute atomic E-state index is 13.7. The first-order valence-electron chi connectivity index (χ1n) is 5.97. The summed E-state index contributed by atoms with van der Waals surface area (Å²) in [7, 11) is 1.48. The Bertz CT molecular complexity index is 477. The van der Waals surface area contributed by atoms with Crippen molar-refractivity contribution >= 4 is 17.6 Å². The van der Waals surface area contributed by atoms with Crippen LogP contribution in [0.5, 0.6) is 0 Å². The van der Waals surface area contributed by atoms with Gasteiger partial charge in [-0.15, -0.1) is 0 Å². The molecular formula is C13H17FN2O3. The molecule has 0 aliphatic carbocycles. The second-order valence-electron chi connectivity index (χ2n) is 4.15. The Morgan fingerprint density at radius 3 is 2.68 bits per heavy atom. The molecule has 1 aromatic rings. The molecule has 0 bridgehead atoms. The number of carboxylic acids is 1. The van der Waals surface area contributed by atoms with E-state index in [4.69, 9.17) is 5.11 Å². The van der Waals surface area contributed by atoms with Crippen molar-refractivity contribution in [2.45, 2.75) is 13.3 Å². The Morgan fingerprint density at radius 1 is 1.42 bits per heavy atom. The number of benzene rings is 1. The van der Waals surface area contributed by atoms with Crippen LogP contribution in [0.1, 0.15) is 23.7 Å². The van der Waals surface area contributed by atoms with Gasteiger partial charge in [-0.2, -0.15) is 0 Å². The van der Waals surface area contributed by atoms with Crippen LogP contribution in [0.25, 0.3) is 0 Å². The van der Waals surface area contributed by atoms with E-state index in [0.29, 0.717) is 6.54 Å². The number of hydrogen-bond donors (Lipinski definition) is 2. The number of likely N-dealkylation sites (N-methyl/N-ethyl adjacent to an activating group) is 1. The molecule has 19 heavy (non-hydrogen) atoms. The summed E-state index contributed by atoms with van der Waals surface area (Å²) in [5, 5.41) is 11.7. The Labute approximate surface area is 111 Å². The lowest BCUT2D eigenvalue weighted by molar-refractivity contribution is -0.119. The summed E-state index contributed by atoms with van der Waals surface area (Å²) in [5.41, 5.74) is -0.243. The van der Waals surface area contributed by atoms with Crippen molar-refractivity contribution in [2.75, 3.05) is 25.0 Å². The van der Waals surface area contributed by atoms with Gasteiger partial charge in [0, 0.05) is 13.6 Å². The van der Waals surface area contributed by atoms with E-state index in [2.05, 4.69) is 5.32 Å². The molecule has 0 heterocycles. The molecular weight excluding hydrogens is 251 g/mol. The summed E-state index contributed by atoms with van der Waals surface area (Å²) < 4.78 is 13.7. The smallest absolute Gasteiger partial charge is 0.337 e. The van der Waals surface area contributed by atoms with Gasteiger partial charge in [0.25, 0.3) is 0 Å². The van der Waals surface area contributed by atoms with E-state index in [1.807, 2.05) is 6.92 Å². The summed E-state index contributed by atoms with van der Waals surface area (Å²) in [6.45, 7) is 2.36. The largest absolute Gasteiger partial charge is 0.478 e. The van der Waals surface area contributed by atoms with Gasteiger partial charge in [0.15, 0.2) is 0 Å². The SMILES string of the molecule is CCCNC(=O)CN(C)c1c(F)cccc1C(=O)O. The Hall–Kier alpha value is -2.11. The highest BCUT2D eigenvalue weighted by Gasteiger charge is 2.19. The van der Waals surface area contributed by atoms with Crippen LogP contribution < -0.4 is 10.2 Å². The number of nitrogens with zero attached hydrogens (tertiary/aromatic N) is 1. The molecule has 0 saturated carbocycles. The summed E-state index contributed by atoms with van der Waals surface area (Å²) in [6, 6.07) is 3.80. The van der Waals surface area contributed by atoms with E-state index in [1.54, 1.807) is 0 Å². The molecule has 104 valence electrons. The van der Waals surface area contributed by atoms with Gasteiger partial charge in [0.1, 0.15) is 5.82 Å². The number of nitrogens with one attached hydrogen (secondary N) is 1. The third-order valence-electron chi connectivity index (χ3n) is 2.55. The number of rotatable bonds is 6. The third-order valence-corrected chi connectivity index (χ3v) is 2.55. The number of para-hydroxylation sites is 1. The van der Waals surface area contributed by atoms with Gasteiger partial charge in [-0.05, 0) is 18.6 Å². The van der Waals surface area contributed by atoms with Crippen LogP contribution in [0.3, 0.4) is 0 Å². The highest BCUT2D eigenvalue weighted by atomic mass is 19.1. The van der Waals surface area contributed by atoms with Crippen molar-refractivity contribution in [3.63, 3.8) is 0 Å². The fraction of sp³-hybridized carbons (Fsp3) is 0.385. The lowest BCUT2D eigenvalue weighted by atomic mass is 10.1. The number of amides is 1. The van der Waals surface area contributed by atoms with Crippen LogP contribution in [0.2, 0.25) is 0 Å². The number of anilines is 1. The van der Waals surface area contributed by atoms with Crippen LogP contribution in [-0.4, -0.2) is 37.1 Å². The summed E-state index contributed by atoms with van der Waals surface area (Å²) in [5.74, 6) is -2.16. The van der Waals surface area contributed by atoms with Crippen molar-refractivity contribution in [3.8, 4) is 0 Å². The number of halogens is 1. The van der Waals surface area contributed by atoms with E-state index in [9.17, 15) is 14.0 Å². The van der Waals surface area contributed by atoms with Gasteiger partial charge in [0.05, 0.1) is 17.8 Å². The molecule has 1 aromatic carbocycles. The van der Waals surface area contributed by atoms with Crippen molar-refractivity contribution in [2.24, 2.45) is 0 Å². The van der Waals surface area contributed by atoms with Gasteiger partial charge in [0.2, 0.25) is 5.91 Å². The van der Waals surface area contributed by atoms with Crippen molar-refractivity contribution < 1.29 is 19.1 Å². The Morgan fingerprint density at radius 2 is 2.11 bits per heavy atom. The quantitative estimate of drug-likeness (QED) is 0.820. The predicted octanol–water partition coefficient (Wildman–Crippen LogP) is 1.49. The van der Waals surface area contributed by atoms with Gasteiger partial charge < -0.3 is 15.3 Å². The minimum Gasteiger partial charge on any atom is -0.478 e. The van der Waals surface area contributed by atoms with Crippen molar-refractivity contribution in [1.82, 2.24) is 5.32 Å². The Balaban J connectivity index is 2.90. The summed E-state index contributed by atoms with van der Waals surface area (Å²) >= 11 is 0. The highest BCUT2D eigenvalue weighted by molar-refractivity contribution is 5.95. The lowest BCUT2D eigenvalue weighted by Gasteiger charge is -2.21. The van der Waals surface area contributed by atoms with Crippen LogP contribution in [-0.2, 0) is 4.79 Å². The topological polar surface area (TPSA) is 69.6 Å². The molecule has 0 atom stereocenters. The molecule has 6 heteroatoms. The van der Waals surface area contributed by atoms with Crippen LogP contribution >= 0.6 is 0 Å². The monoisotopic (exact) mass is 268 g/mol. The molecule has 0 fully saturated rings. The second kappa shape index (κ2) is 6.72. The van der Waals surface area contributed by atoms with Crippen LogP contribution in [0, 0.1) is 5.82 Å². The minimum absolute atomic E-state index is 0.0818. The number of carbonyl (C=O) groups excluding carboxylic acids is 1.